The second kappa shape index (κ2) is 9.57. The molecule has 2 saturated carbocycles. The van der Waals surface area contributed by atoms with Crippen molar-refractivity contribution in [2.45, 2.75) is 78.4 Å². The number of amides is 1. The van der Waals surface area contributed by atoms with E-state index in [0.29, 0.717) is 25.2 Å². The van der Waals surface area contributed by atoms with Crippen LogP contribution in [0.2, 0.25) is 0 Å². The molecule has 202 valence electrons. The molecule has 5 rings (SSSR count). The van der Waals surface area contributed by atoms with Crippen molar-refractivity contribution in [2.75, 3.05) is 13.1 Å². The number of Topliss-reactive ketones (excluding diaryl/α,β-unsaturated/α-hetero) is 1. The van der Waals surface area contributed by atoms with Gasteiger partial charge in [-0.3, -0.25) is 24.6 Å². The number of esters is 2. The number of furan rings is 1. The van der Waals surface area contributed by atoms with Crippen LogP contribution < -0.4 is 5.43 Å². The van der Waals surface area contributed by atoms with Gasteiger partial charge in [-0.2, -0.15) is 0 Å². The number of nitrogens with zero attached hydrogens (tertiary/aromatic N) is 1. The fraction of sp³-hybridized carbons (Fsp3) is 0.714. The Bertz CT molecular complexity index is 1060. The first-order valence-electron chi connectivity index (χ1n) is 13.5. The average Bonchev–Trinajstić information content (AvgIpc) is 3.36. The fourth-order valence-electron chi connectivity index (χ4n) is 7.72. The number of ketones is 1. The maximum atomic E-state index is 14.1. The van der Waals surface area contributed by atoms with Gasteiger partial charge in [0.15, 0.2) is 11.9 Å². The van der Waals surface area contributed by atoms with Crippen LogP contribution in [0.1, 0.15) is 77.9 Å². The lowest BCUT2D eigenvalue weighted by molar-refractivity contribution is -0.208. The molecule has 1 amide bonds. The molecule has 9 heteroatoms. The number of hydrogen-bond donors (Lipinski definition) is 1. The van der Waals surface area contributed by atoms with Crippen LogP contribution in [0.4, 0.5) is 0 Å². The van der Waals surface area contributed by atoms with Crippen molar-refractivity contribution < 1.29 is 33.1 Å². The van der Waals surface area contributed by atoms with Crippen LogP contribution >= 0.6 is 0 Å². The minimum atomic E-state index is -1.02. The summed E-state index contributed by atoms with van der Waals surface area (Å²) in [6.07, 6.45) is 5.21. The first-order chi connectivity index (χ1) is 17.5. The first kappa shape index (κ1) is 25.9. The molecular formula is C28H38N2O7. The molecule has 0 bridgehead atoms. The Kier molecular flexibility index (Phi) is 6.71. The molecular weight excluding hydrogens is 476 g/mol. The van der Waals surface area contributed by atoms with Gasteiger partial charge in [-0.05, 0) is 54.9 Å². The lowest BCUT2D eigenvalue weighted by Gasteiger charge is -2.61. The first-order valence-corrected chi connectivity index (χ1v) is 13.5. The lowest BCUT2D eigenvalue weighted by atomic mass is 9.43. The molecule has 0 spiro atoms. The number of piperidine rings is 1. The molecule has 2 aliphatic heterocycles. The van der Waals surface area contributed by atoms with Crippen molar-refractivity contribution in [1.82, 2.24) is 10.4 Å². The maximum absolute atomic E-state index is 14.1. The number of ether oxygens (including phenoxy) is 2. The minimum Gasteiger partial charge on any atom is -0.472 e. The van der Waals surface area contributed by atoms with Gasteiger partial charge in [0, 0.05) is 43.8 Å². The third-order valence-corrected chi connectivity index (χ3v) is 9.69. The molecule has 0 aromatic carbocycles. The second-order valence-electron chi connectivity index (χ2n) is 12.2. The molecule has 4 aliphatic rings. The van der Waals surface area contributed by atoms with Crippen LogP contribution in [0.25, 0.3) is 0 Å². The maximum Gasteiger partial charge on any atom is 0.310 e. The number of fused-ring (bicyclic) bond motifs is 3. The summed E-state index contributed by atoms with van der Waals surface area (Å²) < 4.78 is 16.6. The molecule has 4 fully saturated rings. The van der Waals surface area contributed by atoms with Gasteiger partial charge in [0.25, 0.3) is 0 Å². The SMILES string of the molecule is CC(=O)O[C@H]1C[C@@H](C(=O)NN2CCC(C)CC2)[C@]2(C)CC[C@H]3C(=O)O[C@H](c4ccoc4)C[C@]3(C)[C@H]2C1=O. The van der Waals surface area contributed by atoms with E-state index in [0.717, 1.165) is 31.5 Å². The monoisotopic (exact) mass is 514 g/mol. The van der Waals surface area contributed by atoms with Gasteiger partial charge < -0.3 is 13.9 Å². The molecule has 1 N–H and O–H groups in total. The third kappa shape index (κ3) is 4.49. The minimum absolute atomic E-state index is 0.140. The molecule has 7 atom stereocenters. The van der Waals surface area contributed by atoms with E-state index in [4.69, 9.17) is 13.9 Å². The Morgan fingerprint density at radius 1 is 1.14 bits per heavy atom. The van der Waals surface area contributed by atoms with E-state index >= 15 is 0 Å². The predicted molar refractivity (Wildman–Crippen MR) is 131 cm³/mol. The van der Waals surface area contributed by atoms with Gasteiger partial charge in [0.05, 0.1) is 18.4 Å². The Morgan fingerprint density at radius 3 is 2.51 bits per heavy atom. The zero-order chi connectivity index (χ0) is 26.5. The summed E-state index contributed by atoms with van der Waals surface area (Å²) in [6.45, 7) is 9.04. The van der Waals surface area contributed by atoms with E-state index in [1.54, 1.807) is 12.3 Å². The van der Waals surface area contributed by atoms with E-state index in [2.05, 4.69) is 12.3 Å². The normalized spacial score (nSPS) is 38.8. The predicted octanol–water partition coefficient (Wildman–Crippen LogP) is 3.59. The highest BCUT2D eigenvalue weighted by atomic mass is 16.6. The van der Waals surface area contributed by atoms with Gasteiger partial charge in [-0.1, -0.05) is 20.8 Å². The molecule has 37 heavy (non-hydrogen) atoms. The smallest absolute Gasteiger partial charge is 0.310 e. The van der Waals surface area contributed by atoms with E-state index < -0.39 is 46.8 Å². The zero-order valence-electron chi connectivity index (χ0n) is 22.2. The lowest BCUT2D eigenvalue weighted by Crippen LogP contribution is -2.66. The quantitative estimate of drug-likeness (QED) is 0.606. The van der Waals surface area contributed by atoms with Gasteiger partial charge in [-0.15, -0.1) is 0 Å². The summed E-state index contributed by atoms with van der Waals surface area (Å²) in [6, 6.07) is 1.77. The highest BCUT2D eigenvalue weighted by Crippen LogP contribution is 2.65. The van der Waals surface area contributed by atoms with Crippen molar-refractivity contribution in [1.29, 1.82) is 0 Å². The van der Waals surface area contributed by atoms with E-state index in [1.165, 1.54) is 13.2 Å². The Hall–Kier alpha value is -2.68. The van der Waals surface area contributed by atoms with Crippen LogP contribution in [-0.4, -0.2) is 47.8 Å². The molecule has 9 nitrogen and oxygen atoms in total. The summed E-state index contributed by atoms with van der Waals surface area (Å²) in [5, 5.41) is 1.97. The number of nitrogens with one attached hydrogen (secondary N) is 1. The number of hydrogen-bond acceptors (Lipinski definition) is 8. The molecule has 0 unspecified atom stereocenters. The van der Waals surface area contributed by atoms with Crippen LogP contribution in [0.15, 0.2) is 23.0 Å². The Morgan fingerprint density at radius 2 is 1.86 bits per heavy atom. The van der Waals surface area contributed by atoms with Crippen LogP contribution in [0, 0.1) is 34.5 Å². The number of rotatable bonds is 4. The average molecular weight is 515 g/mol. The summed E-state index contributed by atoms with van der Waals surface area (Å²) >= 11 is 0. The van der Waals surface area contributed by atoms with Crippen molar-refractivity contribution >= 4 is 23.6 Å². The zero-order valence-corrected chi connectivity index (χ0v) is 22.2. The number of carbonyl (C=O) groups excluding carboxylic acids is 4. The molecule has 3 heterocycles. The Labute approximate surface area is 217 Å². The topological polar surface area (TPSA) is 115 Å². The summed E-state index contributed by atoms with van der Waals surface area (Å²) in [7, 11) is 0. The van der Waals surface area contributed by atoms with Crippen LogP contribution in [0.5, 0.6) is 0 Å². The molecule has 1 aromatic heterocycles. The van der Waals surface area contributed by atoms with Gasteiger partial charge >= 0.3 is 11.9 Å². The van der Waals surface area contributed by atoms with Crippen molar-refractivity contribution in [3.05, 3.63) is 24.2 Å². The van der Waals surface area contributed by atoms with Crippen molar-refractivity contribution in [2.24, 2.45) is 34.5 Å². The molecule has 2 aliphatic carbocycles. The van der Waals surface area contributed by atoms with E-state index in [9.17, 15) is 19.2 Å². The highest BCUT2D eigenvalue weighted by molar-refractivity contribution is 5.93. The standard InChI is InChI=1S/C28H38N2O7/c1-16-6-10-30(11-7-16)29-25(33)20-13-21(36-17(2)31)23(32)24-27(20,3)9-5-19-26(34)37-22(14-28(19,24)4)18-8-12-35-15-18/h8,12,15-16,19-22,24H,5-7,9-11,13-14H2,1-4H3,(H,29,33)/t19-,20-,21-,22-,24-,27-,28-/m0/s1. The van der Waals surface area contributed by atoms with Crippen LogP contribution in [-0.2, 0) is 28.7 Å². The van der Waals surface area contributed by atoms with Gasteiger partial charge in [0.2, 0.25) is 5.91 Å². The summed E-state index contributed by atoms with van der Waals surface area (Å²) in [5.41, 5.74) is 2.41. The third-order valence-electron chi connectivity index (χ3n) is 9.69. The van der Waals surface area contributed by atoms with Gasteiger partial charge in [-0.25, -0.2) is 5.01 Å². The number of hydrazine groups is 1. The largest absolute Gasteiger partial charge is 0.472 e. The van der Waals surface area contributed by atoms with E-state index in [-0.39, 0.29) is 24.1 Å². The summed E-state index contributed by atoms with van der Waals surface area (Å²) in [4.78, 5) is 53.1. The van der Waals surface area contributed by atoms with Crippen molar-refractivity contribution in [3.8, 4) is 0 Å². The van der Waals surface area contributed by atoms with Crippen LogP contribution in [0.3, 0.4) is 0 Å². The number of carbonyl (C=O) groups is 4. The molecule has 0 radical (unpaired) electrons. The Balaban J connectivity index is 1.49. The highest BCUT2D eigenvalue weighted by Gasteiger charge is 2.67. The summed E-state index contributed by atoms with van der Waals surface area (Å²) in [5.74, 6) is -2.24. The fourth-order valence-corrected chi connectivity index (χ4v) is 7.72. The second-order valence-corrected chi connectivity index (χ2v) is 12.2. The molecule has 1 aromatic rings. The number of cyclic esters (lactones) is 1. The van der Waals surface area contributed by atoms with E-state index in [1.807, 2.05) is 18.9 Å². The van der Waals surface area contributed by atoms with Crippen molar-refractivity contribution in [3.63, 3.8) is 0 Å². The molecule has 2 saturated heterocycles. The van der Waals surface area contributed by atoms with Gasteiger partial charge in [0.1, 0.15) is 6.10 Å².